The van der Waals surface area contributed by atoms with Crippen LogP contribution in [0.4, 0.5) is 0 Å². The molecule has 2 rings (SSSR count). The molecule has 0 aromatic rings. The topological polar surface area (TPSA) is 77.9 Å². The van der Waals surface area contributed by atoms with E-state index in [4.69, 9.17) is 0 Å². The summed E-state index contributed by atoms with van der Waals surface area (Å²) in [5, 5.41) is 9.46. The van der Waals surface area contributed by atoms with Crippen molar-refractivity contribution in [3.8, 4) is 0 Å². The molecule has 1 N–H and O–H groups in total. The molecule has 2 fully saturated rings. The van der Waals surface area contributed by atoms with E-state index < -0.39 is 21.8 Å². The molecule has 0 radical (unpaired) electrons. The van der Waals surface area contributed by atoms with Crippen molar-refractivity contribution in [1.82, 2.24) is 9.80 Å². The van der Waals surface area contributed by atoms with E-state index in [0.29, 0.717) is 25.9 Å². The highest BCUT2D eigenvalue weighted by atomic mass is 32.2. The average molecular weight is 290 g/mol. The molecule has 0 bridgehead atoms. The van der Waals surface area contributed by atoms with Gasteiger partial charge in [0.2, 0.25) is 0 Å². The van der Waals surface area contributed by atoms with E-state index >= 15 is 0 Å². The molecule has 2 atom stereocenters. The first kappa shape index (κ1) is 14.7. The van der Waals surface area contributed by atoms with Gasteiger partial charge < -0.3 is 10.0 Å². The lowest BCUT2D eigenvalue weighted by Crippen LogP contribution is -2.55. The lowest BCUT2D eigenvalue weighted by atomic mass is 9.94. The third-order valence-corrected chi connectivity index (χ3v) is 5.98. The Labute approximate surface area is 114 Å². The molecule has 2 heterocycles. The number of sulfone groups is 1. The summed E-state index contributed by atoms with van der Waals surface area (Å²) >= 11 is 0. The SMILES string of the molecule is CN1CCN(C(C(=O)O)C2CCCS(=O)(=O)C2)CC1. The van der Waals surface area contributed by atoms with E-state index in [0.717, 1.165) is 13.1 Å². The third-order valence-electron chi connectivity index (χ3n) is 4.13. The fourth-order valence-electron chi connectivity index (χ4n) is 3.06. The molecule has 7 heteroatoms. The first-order chi connectivity index (χ1) is 8.89. The minimum Gasteiger partial charge on any atom is -0.480 e. The molecule has 0 saturated carbocycles. The van der Waals surface area contributed by atoms with Gasteiger partial charge in [-0.05, 0) is 25.8 Å². The van der Waals surface area contributed by atoms with E-state index in [1.165, 1.54) is 0 Å². The maximum atomic E-state index is 11.7. The van der Waals surface area contributed by atoms with Crippen molar-refractivity contribution in [2.24, 2.45) is 5.92 Å². The molecule has 2 aliphatic rings. The molecule has 6 nitrogen and oxygen atoms in total. The standard InChI is InChI=1S/C12H22N2O4S/c1-13-4-6-14(7-5-13)11(12(15)16)10-3-2-8-19(17,18)9-10/h10-11H,2-9H2,1H3,(H,15,16). The number of aliphatic carboxylic acids is 1. The van der Waals surface area contributed by atoms with E-state index in [1.54, 1.807) is 0 Å². The normalized spacial score (nSPS) is 30.9. The van der Waals surface area contributed by atoms with Gasteiger partial charge in [-0.2, -0.15) is 0 Å². The minimum absolute atomic E-state index is 0.0241. The molecule has 0 spiro atoms. The number of hydrogen-bond acceptors (Lipinski definition) is 5. The summed E-state index contributed by atoms with van der Waals surface area (Å²) in [5.41, 5.74) is 0. The van der Waals surface area contributed by atoms with Crippen molar-refractivity contribution in [2.45, 2.75) is 18.9 Å². The predicted octanol–water partition coefficient (Wildman–Crippen LogP) is -0.488. The van der Waals surface area contributed by atoms with Crippen molar-refractivity contribution >= 4 is 15.8 Å². The molecule has 2 aliphatic heterocycles. The number of likely N-dealkylation sites (N-methyl/N-ethyl adjacent to an activating group) is 1. The van der Waals surface area contributed by atoms with Crippen molar-refractivity contribution in [2.75, 3.05) is 44.7 Å². The summed E-state index contributed by atoms with van der Waals surface area (Å²) in [6, 6.07) is -0.649. The van der Waals surface area contributed by atoms with Crippen LogP contribution in [-0.4, -0.2) is 80.1 Å². The summed E-state index contributed by atoms with van der Waals surface area (Å²) < 4.78 is 23.4. The Balaban J connectivity index is 2.09. The second-order valence-corrected chi connectivity index (χ2v) is 7.87. The molecule has 19 heavy (non-hydrogen) atoms. The van der Waals surface area contributed by atoms with Crippen LogP contribution >= 0.6 is 0 Å². The third kappa shape index (κ3) is 3.67. The first-order valence-corrected chi connectivity index (χ1v) is 8.57. The molecule has 110 valence electrons. The summed E-state index contributed by atoms with van der Waals surface area (Å²) in [5.74, 6) is -0.916. The zero-order valence-electron chi connectivity index (χ0n) is 11.3. The van der Waals surface area contributed by atoms with Gasteiger partial charge in [0.05, 0.1) is 11.5 Å². The Morgan fingerprint density at radius 2 is 1.89 bits per heavy atom. The van der Waals surface area contributed by atoms with Crippen LogP contribution < -0.4 is 0 Å². The van der Waals surface area contributed by atoms with E-state index in [1.807, 2.05) is 11.9 Å². The van der Waals surface area contributed by atoms with Crippen molar-refractivity contribution in [3.05, 3.63) is 0 Å². The maximum absolute atomic E-state index is 11.7. The van der Waals surface area contributed by atoms with Gasteiger partial charge in [-0.15, -0.1) is 0 Å². The van der Waals surface area contributed by atoms with Crippen LogP contribution in [-0.2, 0) is 14.6 Å². The number of hydrogen-bond donors (Lipinski definition) is 1. The lowest BCUT2D eigenvalue weighted by molar-refractivity contribution is -0.146. The van der Waals surface area contributed by atoms with Crippen molar-refractivity contribution in [1.29, 1.82) is 0 Å². The number of carboxylic acid groups (broad SMARTS) is 1. The van der Waals surface area contributed by atoms with E-state index in [9.17, 15) is 18.3 Å². The van der Waals surface area contributed by atoms with Crippen LogP contribution in [0.25, 0.3) is 0 Å². The zero-order valence-corrected chi connectivity index (χ0v) is 12.1. The van der Waals surface area contributed by atoms with Crippen molar-refractivity contribution in [3.63, 3.8) is 0 Å². The number of piperazine rings is 1. The Morgan fingerprint density at radius 3 is 2.42 bits per heavy atom. The second kappa shape index (κ2) is 5.76. The van der Waals surface area contributed by atoms with Gasteiger partial charge in [0, 0.05) is 26.2 Å². The Morgan fingerprint density at radius 1 is 1.26 bits per heavy atom. The largest absolute Gasteiger partial charge is 0.480 e. The van der Waals surface area contributed by atoms with Crippen LogP contribution in [0.3, 0.4) is 0 Å². The second-order valence-electron chi connectivity index (χ2n) is 5.64. The van der Waals surface area contributed by atoms with Crippen LogP contribution in [0.2, 0.25) is 0 Å². The summed E-state index contributed by atoms with van der Waals surface area (Å²) in [6.07, 6.45) is 1.28. The first-order valence-electron chi connectivity index (χ1n) is 6.75. The van der Waals surface area contributed by atoms with E-state index in [-0.39, 0.29) is 17.4 Å². The van der Waals surface area contributed by atoms with Gasteiger partial charge in [-0.3, -0.25) is 9.69 Å². The molecule has 0 aromatic heterocycles. The van der Waals surface area contributed by atoms with Gasteiger partial charge in [-0.25, -0.2) is 8.42 Å². The minimum atomic E-state index is -3.06. The number of carbonyl (C=O) groups is 1. The number of nitrogens with zero attached hydrogens (tertiary/aromatic N) is 2. The van der Waals surface area contributed by atoms with Gasteiger partial charge in [0.15, 0.2) is 9.84 Å². The van der Waals surface area contributed by atoms with Crippen LogP contribution in [0.15, 0.2) is 0 Å². The summed E-state index contributed by atoms with van der Waals surface area (Å²) in [6.45, 7) is 3.07. The zero-order chi connectivity index (χ0) is 14.0. The molecule has 2 unspecified atom stereocenters. The quantitative estimate of drug-likeness (QED) is 0.756. The van der Waals surface area contributed by atoms with Gasteiger partial charge in [0.1, 0.15) is 6.04 Å². The van der Waals surface area contributed by atoms with Gasteiger partial charge >= 0.3 is 5.97 Å². The van der Waals surface area contributed by atoms with Crippen LogP contribution in [0.1, 0.15) is 12.8 Å². The van der Waals surface area contributed by atoms with Gasteiger partial charge in [-0.1, -0.05) is 0 Å². The van der Waals surface area contributed by atoms with Gasteiger partial charge in [0.25, 0.3) is 0 Å². The molecular weight excluding hydrogens is 268 g/mol. The summed E-state index contributed by atoms with van der Waals surface area (Å²) in [4.78, 5) is 15.6. The monoisotopic (exact) mass is 290 g/mol. The number of carboxylic acids is 1. The van der Waals surface area contributed by atoms with Crippen molar-refractivity contribution < 1.29 is 18.3 Å². The maximum Gasteiger partial charge on any atom is 0.321 e. The Kier molecular flexibility index (Phi) is 4.47. The van der Waals surface area contributed by atoms with Crippen LogP contribution in [0.5, 0.6) is 0 Å². The molecule has 0 aliphatic carbocycles. The average Bonchev–Trinajstić information content (AvgIpc) is 2.30. The fraction of sp³-hybridized carbons (Fsp3) is 0.917. The molecule has 0 aromatic carbocycles. The number of rotatable bonds is 3. The lowest BCUT2D eigenvalue weighted by Gasteiger charge is -2.40. The smallest absolute Gasteiger partial charge is 0.321 e. The highest BCUT2D eigenvalue weighted by Crippen LogP contribution is 2.25. The van der Waals surface area contributed by atoms with Crippen LogP contribution in [0, 0.1) is 5.92 Å². The fourth-order valence-corrected chi connectivity index (χ4v) is 4.84. The van der Waals surface area contributed by atoms with E-state index in [2.05, 4.69) is 4.90 Å². The molecule has 2 saturated heterocycles. The highest BCUT2D eigenvalue weighted by Gasteiger charge is 2.39. The highest BCUT2D eigenvalue weighted by molar-refractivity contribution is 7.91. The molecule has 0 amide bonds. The Bertz CT molecular complexity index is 429. The molecular formula is C12H22N2O4S. The predicted molar refractivity (Wildman–Crippen MR) is 71.9 cm³/mol. The summed E-state index contributed by atoms with van der Waals surface area (Å²) in [7, 11) is -1.05. The Hall–Kier alpha value is -0.660.